The van der Waals surface area contributed by atoms with Gasteiger partial charge in [0.2, 0.25) is 5.91 Å². The van der Waals surface area contributed by atoms with E-state index in [0.29, 0.717) is 19.4 Å². The number of hydrogen-bond acceptors (Lipinski definition) is 4. The number of rotatable bonds is 9. The topological polar surface area (TPSA) is 62.5 Å². The smallest absolute Gasteiger partial charge is 0.220 e. The maximum absolute atomic E-state index is 12.3. The molecule has 0 atom stereocenters. The zero-order valence-corrected chi connectivity index (χ0v) is 17.9. The molecule has 6 nitrogen and oxygen atoms in total. The molecule has 0 aliphatic heterocycles. The summed E-state index contributed by atoms with van der Waals surface area (Å²) >= 11 is 0. The number of hydrogen-bond donors (Lipinski definition) is 1. The van der Waals surface area contributed by atoms with Gasteiger partial charge >= 0.3 is 0 Å². The molecule has 0 saturated carbocycles. The fourth-order valence-corrected chi connectivity index (χ4v) is 3.68. The van der Waals surface area contributed by atoms with Crippen LogP contribution in [0.15, 0.2) is 36.4 Å². The van der Waals surface area contributed by atoms with Crippen molar-refractivity contribution in [1.29, 1.82) is 0 Å². The van der Waals surface area contributed by atoms with Gasteiger partial charge in [-0.3, -0.25) is 4.79 Å². The van der Waals surface area contributed by atoms with E-state index >= 15 is 0 Å². The highest BCUT2D eigenvalue weighted by atomic mass is 16.1. The molecule has 1 aromatic carbocycles. The third-order valence-corrected chi connectivity index (χ3v) is 5.22. The van der Waals surface area contributed by atoms with Crippen LogP contribution in [-0.4, -0.2) is 45.5 Å². The van der Waals surface area contributed by atoms with Crippen LogP contribution in [0.25, 0.3) is 5.65 Å². The molecule has 3 aromatic rings. The summed E-state index contributed by atoms with van der Waals surface area (Å²) in [4.78, 5) is 19.2. The van der Waals surface area contributed by atoms with Crippen molar-refractivity contribution in [3.63, 3.8) is 0 Å². The number of carbonyl (C=O) groups is 1. The molecule has 2 aromatic heterocycles. The maximum Gasteiger partial charge on any atom is 0.220 e. The van der Waals surface area contributed by atoms with Crippen LogP contribution in [0.3, 0.4) is 0 Å². The lowest BCUT2D eigenvalue weighted by Crippen LogP contribution is -2.28. The lowest BCUT2D eigenvalue weighted by molar-refractivity contribution is -0.121. The normalized spacial score (nSPS) is 11.3. The van der Waals surface area contributed by atoms with Gasteiger partial charge in [-0.15, -0.1) is 0 Å². The van der Waals surface area contributed by atoms with Crippen LogP contribution in [0.1, 0.15) is 41.1 Å². The van der Waals surface area contributed by atoms with Gasteiger partial charge in [-0.05, 0) is 58.3 Å². The molecule has 2 heterocycles. The highest BCUT2D eigenvalue weighted by Crippen LogP contribution is 2.17. The van der Waals surface area contributed by atoms with Crippen LogP contribution in [0, 0.1) is 20.8 Å². The van der Waals surface area contributed by atoms with E-state index in [1.165, 1.54) is 5.56 Å². The van der Waals surface area contributed by atoms with Gasteiger partial charge in [0.1, 0.15) is 0 Å². The minimum absolute atomic E-state index is 0.0891. The zero-order valence-electron chi connectivity index (χ0n) is 17.9. The zero-order chi connectivity index (χ0) is 20.8. The first-order valence-electron chi connectivity index (χ1n) is 10.3. The summed E-state index contributed by atoms with van der Waals surface area (Å²) in [5.74, 6) is 0.0891. The number of fused-ring (bicyclic) bond motifs is 1. The lowest BCUT2D eigenvalue weighted by atomic mass is 10.1. The Hall–Kier alpha value is -2.73. The molecule has 0 aliphatic carbocycles. The van der Waals surface area contributed by atoms with Crippen LogP contribution in [0.4, 0.5) is 0 Å². The molecule has 154 valence electrons. The monoisotopic (exact) mass is 393 g/mol. The Labute approximate surface area is 172 Å². The first kappa shape index (κ1) is 21.0. The minimum Gasteiger partial charge on any atom is -0.356 e. The Kier molecular flexibility index (Phi) is 6.99. The number of nitrogens with zero attached hydrogens (tertiary/aromatic N) is 4. The van der Waals surface area contributed by atoms with E-state index in [4.69, 9.17) is 0 Å². The number of amides is 1. The van der Waals surface area contributed by atoms with E-state index < -0.39 is 0 Å². The summed E-state index contributed by atoms with van der Waals surface area (Å²) in [6, 6.07) is 12.4. The van der Waals surface area contributed by atoms with E-state index in [9.17, 15) is 4.79 Å². The standard InChI is InChI=1S/C23H31N5O/c1-17-15-22-25-18(2)21(19(3)28(22)26-17)11-12-23(29)24-13-8-14-27(4)16-20-9-6-5-7-10-20/h5-7,9-10,15H,8,11-14,16H2,1-4H3,(H,24,29). The molecule has 0 bridgehead atoms. The first-order chi connectivity index (χ1) is 13.9. The number of aromatic nitrogens is 3. The predicted octanol–water partition coefficient (Wildman–Crippen LogP) is 3.23. The van der Waals surface area contributed by atoms with Crippen molar-refractivity contribution in [1.82, 2.24) is 24.8 Å². The Bertz CT molecular complexity index is 964. The van der Waals surface area contributed by atoms with Gasteiger partial charge < -0.3 is 10.2 Å². The molecule has 1 amide bonds. The second-order valence-electron chi connectivity index (χ2n) is 7.74. The molecule has 0 aliphatic rings. The molecule has 0 spiro atoms. The predicted molar refractivity (Wildman–Crippen MR) is 116 cm³/mol. The molecule has 0 radical (unpaired) electrons. The molecule has 0 fully saturated rings. The van der Waals surface area contributed by atoms with Crippen LogP contribution < -0.4 is 5.32 Å². The number of benzene rings is 1. The van der Waals surface area contributed by atoms with Crippen molar-refractivity contribution in [2.75, 3.05) is 20.1 Å². The van der Waals surface area contributed by atoms with Crippen molar-refractivity contribution in [3.05, 3.63) is 64.6 Å². The Balaban J connectivity index is 1.42. The Morgan fingerprint density at radius 3 is 2.69 bits per heavy atom. The average Bonchev–Trinajstić information content (AvgIpc) is 3.06. The highest BCUT2D eigenvalue weighted by Gasteiger charge is 2.12. The quantitative estimate of drug-likeness (QED) is 0.567. The highest BCUT2D eigenvalue weighted by molar-refractivity contribution is 5.76. The SMILES string of the molecule is Cc1cc2nc(C)c(CCC(=O)NCCCN(C)Cc3ccccc3)c(C)n2n1. The van der Waals surface area contributed by atoms with Gasteiger partial charge in [0, 0.05) is 37.0 Å². The van der Waals surface area contributed by atoms with Gasteiger partial charge in [-0.1, -0.05) is 30.3 Å². The summed E-state index contributed by atoms with van der Waals surface area (Å²) in [6.07, 6.45) is 2.08. The summed E-state index contributed by atoms with van der Waals surface area (Å²) in [7, 11) is 2.11. The summed E-state index contributed by atoms with van der Waals surface area (Å²) < 4.78 is 1.87. The fraction of sp³-hybridized carbons (Fsp3) is 0.435. The Morgan fingerprint density at radius 2 is 1.93 bits per heavy atom. The molecule has 0 unspecified atom stereocenters. The number of nitrogens with one attached hydrogen (secondary N) is 1. The van der Waals surface area contributed by atoms with E-state index in [1.54, 1.807) is 0 Å². The summed E-state index contributed by atoms with van der Waals surface area (Å²) in [6.45, 7) is 8.59. The molecule has 1 N–H and O–H groups in total. The number of aryl methyl sites for hydroxylation is 3. The lowest BCUT2D eigenvalue weighted by Gasteiger charge is -2.16. The molecule has 29 heavy (non-hydrogen) atoms. The summed E-state index contributed by atoms with van der Waals surface area (Å²) in [5, 5.41) is 7.54. The molecule has 3 rings (SSSR count). The second-order valence-corrected chi connectivity index (χ2v) is 7.74. The van der Waals surface area contributed by atoms with E-state index in [-0.39, 0.29) is 5.91 Å². The van der Waals surface area contributed by atoms with Gasteiger partial charge in [-0.2, -0.15) is 5.10 Å². The van der Waals surface area contributed by atoms with E-state index in [1.807, 2.05) is 37.4 Å². The minimum atomic E-state index is 0.0891. The van der Waals surface area contributed by atoms with Crippen molar-refractivity contribution >= 4 is 11.6 Å². The number of carbonyl (C=O) groups excluding carboxylic acids is 1. The second kappa shape index (κ2) is 9.65. The average molecular weight is 394 g/mol. The van der Waals surface area contributed by atoms with Gasteiger partial charge in [-0.25, -0.2) is 9.50 Å². The fourth-order valence-electron chi connectivity index (χ4n) is 3.68. The van der Waals surface area contributed by atoms with Gasteiger partial charge in [0.25, 0.3) is 0 Å². The third-order valence-electron chi connectivity index (χ3n) is 5.22. The van der Waals surface area contributed by atoms with Crippen LogP contribution in [-0.2, 0) is 17.8 Å². The molecule has 6 heteroatoms. The van der Waals surface area contributed by atoms with Gasteiger partial charge in [0.15, 0.2) is 5.65 Å². The van der Waals surface area contributed by atoms with Crippen LogP contribution >= 0.6 is 0 Å². The van der Waals surface area contributed by atoms with Gasteiger partial charge in [0.05, 0.1) is 5.69 Å². The van der Waals surface area contributed by atoms with Crippen molar-refractivity contribution in [3.8, 4) is 0 Å². The van der Waals surface area contributed by atoms with E-state index in [2.05, 4.69) is 51.6 Å². The molecular weight excluding hydrogens is 362 g/mol. The third kappa shape index (κ3) is 5.64. The van der Waals surface area contributed by atoms with Crippen LogP contribution in [0.2, 0.25) is 0 Å². The van der Waals surface area contributed by atoms with Crippen molar-refractivity contribution in [2.45, 2.75) is 46.6 Å². The van der Waals surface area contributed by atoms with E-state index in [0.717, 1.165) is 47.8 Å². The molecule has 0 saturated heterocycles. The van der Waals surface area contributed by atoms with Crippen molar-refractivity contribution < 1.29 is 4.79 Å². The van der Waals surface area contributed by atoms with Crippen LogP contribution in [0.5, 0.6) is 0 Å². The van der Waals surface area contributed by atoms with Crippen molar-refractivity contribution in [2.24, 2.45) is 0 Å². The maximum atomic E-state index is 12.3. The Morgan fingerprint density at radius 1 is 1.17 bits per heavy atom. The summed E-state index contributed by atoms with van der Waals surface area (Å²) in [5.41, 5.74) is 6.28. The first-order valence-corrected chi connectivity index (χ1v) is 10.3. The molecular formula is C23H31N5O. The largest absolute Gasteiger partial charge is 0.356 e.